The molecule has 7 nitrogen and oxygen atoms in total. The van der Waals surface area contributed by atoms with E-state index in [0.29, 0.717) is 17.5 Å². The maximum Gasteiger partial charge on any atom is 0.244 e. The first-order valence-electron chi connectivity index (χ1n) is 7.49. The second-order valence-electron chi connectivity index (χ2n) is 6.51. The van der Waals surface area contributed by atoms with Gasteiger partial charge in [0.1, 0.15) is 9.79 Å². The lowest BCUT2D eigenvalue weighted by atomic mass is 9.91. The zero-order valence-corrected chi connectivity index (χ0v) is 14.8. The fourth-order valence-corrected chi connectivity index (χ4v) is 6.47. The average Bonchev–Trinajstić information content (AvgIpc) is 3.06. The smallest absolute Gasteiger partial charge is 0.244 e. The SMILES string of the molecule is NS(=O)(=O)c1cc2c(cc1Cl)N[C@H]([C@H]1C[C@@H]3C=C[C@H]1C3)NS2(=O)=O. The van der Waals surface area contributed by atoms with Crippen molar-refractivity contribution in [2.24, 2.45) is 22.9 Å². The Morgan fingerprint density at radius 2 is 1.96 bits per heavy atom. The summed E-state index contributed by atoms with van der Waals surface area (Å²) < 4.78 is 50.9. The number of allylic oxidation sites excluding steroid dienone is 2. The molecule has 4 N–H and O–H groups in total. The number of nitrogens with one attached hydrogen (secondary N) is 2. The van der Waals surface area contributed by atoms with E-state index in [1.807, 2.05) is 0 Å². The van der Waals surface area contributed by atoms with Crippen LogP contribution in [0.3, 0.4) is 0 Å². The van der Waals surface area contributed by atoms with E-state index in [4.69, 9.17) is 16.7 Å². The Bertz CT molecular complexity index is 958. The number of nitrogens with two attached hydrogens (primary N) is 1. The van der Waals surface area contributed by atoms with Gasteiger partial charge in [0.25, 0.3) is 0 Å². The molecule has 10 heteroatoms. The molecule has 0 spiro atoms. The van der Waals surface area contributed by atoms with Crippen molar-refractivity contribution in [1.29, 1.82) is 0 Å². The molecule has 0 amide bonds. The predicted octanol–water partition coefficient (Wildman–Crippen LogP) is 1.23. The van der Waals surface area contributed by atoms with Crippen molar-refractivity contribution in [3.8, 4) is 0 Å². The predicted molar refractivity (Wildman–Crippen MR) is 89.4 cm³/mol. The summed E-state index contributed by atoms with van der Waals surface area (Å²) in [6.07, 6.45) is 5.84. The Labute approximate surface area is 145 Å². The van der Waals surface area contributed by atoms with Gasteiger partial charge in [-0.25, -0.2) is 22.0 Å². The summed E-state index contributed by atoms with van der Waals surface area (Å²) in [4.78, 5) is -0.567. The van der Waals surface area contributed by atoms with Gasteiger partial charge in [-0.15, -0.1) is 0 Å². The minimum Gasteiger partial charge on any atom is -0.368 e. The molecule has 1 aromatic rings. The number of sulfonamides is 2. The number of fused-ring (bicyclic) bond motifs is 3. The van der Waals surface area contributed by atoms with Gasteiger partial charge in [0, 0.05) is 5.92 Å². The van der Waals surface area contributed by atoms with Crippen molar-refractivity contribution in [2.75, 3.05) is 5.32 Å². The quantitative estimate of drug-likeness (QED) is 0.657. The van der Waals surface area contributed by atoms with Gasteiger partial charge in [0.15, 0.2) is 0 Å². The Balaban J connectivity index is 1.76. The van der Waals surface area contributed by atoms with Crippen LogP contribution in [0.5, 0.6) is 0 Å². The molecule has 2 aliphatic carbocycles. The minimum absolute atomic E-state index is 0.104. The van der Waals surface area contributed by atoms with E-state index in [0.717, 1.165) is 18.9 Å². The largest absolute Gasteiger partial charge is 0.368 e. The Morgan fingerprint density at radius 1 is 1.21 bits per heavy atom. The van der Waals surface area contributed by atoms with Crippen LogP contribution in [0.2, 0.25) is 5.02 Å². The molecule has 2 bridgehead atoms. The Kier molecular flexibility index (Phi) is 3.53. The van der Waals surface area contributed by atoms with Gasteiger partial charge < -0.3 is 5.32 Å². The molecule has 0 saturated heterocycles. The van der Waals surface area contributed by atoms with E-state index in [2.05, 4.69) is 22.2 Å². The molecule has 0 aromatic heterocycles. The number of rotatable bonds is 2. The third kappa shape index (κ3) is 2.55. The van der Waals surface area contributed by atoms with Crippen molar-refractivity contribution in [1.82, 2.24) is 4.72 Å². The van der Waals surface area contributed by atoms with E-state index in [1.54, 1.807) is 0 Å². The summed E-state index contributed by atoms with van der Waals surface area (Å²) in [6.45, 7) is 0. The number of benzene rings is 1. The highest BCUT2D eigenvalue weighted by Crippen LogP contribution is 2.46. The van der Waals surface area contributed by atoms with E-state index < -0.39 is 31.1 Å². The molecule has 3 aliphatic rings. The van der Waals surface area contributed by atoms with Crippen LogP contribution < -0.4 is 15.2 Å². The summed E-state index contributed by atoms with van der Waals surface area (Å²) in [6, 6.07) is 2.31. The molecule has 130 valence electrons. The van der Waals surface area contributed by atoms with Crippen LogP contribution in [-0.2, 0) is 20.0 Å². The van der Waals surface area contributed by atoms with Crippen molar-refractivity contribution in [3.05, 3.63) is 29.3 Å². The lowest BCUT2D eigenvalue weighted by Crippen LogP contribution is -2.50. The summed E-state index contributed by atoms with van der Waals surface area (Å²) in [7, 11) is -7.97. The zero-order chi connectivity index (χ0) is 17.3. The maximum absolute atomic E-state index is 12.6. The molecule has 1 aromatic carbocycles. The van der Waals surface area contributed by atoms with Crippen molar-refractivity contribution in [3.63, 3.8) is 0 Å². The molecule has 4 atom stereocenters. The first-order valence-corrected chi connectivity index (χ1v) is 10.9. The molecular formula is C14H16ClN3O4S2. The fourth-order valence-electron chi connectivity index (χ4n) is 3.92. The van der Waals surface area contributed by atoms with Crippen LogP contribution in [0.25, 0.3) is 0 Å². The van der Waals surface area contributed by atoms with Gasteiger partial charge in [-0.2, -0.15) is 4.72 Å². The van der Waals surface area contributed by atoms with Crippen LogP contribution in [-0.4, -0.2) is 23.0 Å². The number of hydrogen-bond donors (Lipinski definition) is 3. The molecule has 1 saturated carbocycles. The van der Waals surface area contributed by atoms with E-state index in [-0.39, 0.29) is 15.8 Å². The second kappa shape index (κ2) is 5.18. The van der Waals surface area contributed by atoms with Gasteiger partial charge >= 0.3 is 0 Å². The normalized spacial score (nSPS) is 33.2. The summed E-state index contributed by atoms with van der Waals surface area (Å²) in [5, 5.41) is 8.14. The number of hydrogen-bond acceptors (Lipinski definition) is 5. The summed E-state index contributed by atoms with van der Waals surface area (Å²) in [5.41, 5.74) is 0.294. The molecule has 24 heavy (non-hydrogen) atoms. The molecule has 0 unspecified atom stereocenters. The lowest BCUT2D eigenvalue weighted by molar-refractivity contribution is 0.363. The second-order valence-corrected chi connectivity index (χ2v) is 10.1. The highest BCUT2D eigenvalue weighted by molar-refractivity contribution is 7.90. The highest BCUT2D eigenvalue weighted by atomic mass is 35.5. The molecule has 1 fully saturated rings. The molecule has 0 radical (unpaired) electrons. The highest BCUT2D eigenvalue weighted by Gasteiger charge is 2.44. The van der Waals surface area contributed by atoms with Gasteiger partial charge in [-0.05, 0) is 36.8 Å². The van der Waals surface area contributed by atoms with Crippen molar-refractivity contribution < 1.29 is 16.8 Å². The monoisotopic (exact) mass is 389 g/mol. The summed E-state index contributed by atoms with van der Waals surface area (Å²) in [5.74, 6) is 0.997. The molecular weight excluding hydrogens is 374 g/mol. The molecule has 1 aliphatic heterocycles. The standard InChI is InChI=1S/C14H16ClN3O4S2/c15-10-5-11-13(6-12(10)23(16,19)20)24(21,22)18-14(17-11)9-4-7-1-2-8(9)3-7/h1-2,5-9,14,17-18H,3-4H2,(H2,16,19,20)/t7-,8+,9+,14+/m1/s1. The van der Waals surface area contributed by atoms with E-state index in [1.165, 1.54) is 6.07 Å². The lowest BCUT2D eigenvalue weighted by Gasteiger charge is -2.35. The third-order valence-electron chi connectivity index (χ3n) is 4.98. The first kappa shape index (κ1) is 16.3. The fraction of sp³-hybridized carbons (Fsp3) is 0.429. The van der Waals surface area contributed by atoms with Crippen LogP contribution in [0, 0.1) is 17.8 Å². The van der Waals surface area contributed by atoms with Gasteiger partial charge in [0.2, 0.25) is 20.0 Å². The molecule has 4 rings (SSSR count). The number of halogens is 1. The van der Waals surface area contributed by atoms with Gasteiger partial charge in [-0.1, -0.05) is 23.8 Å². The maximum atomic E-state index is 12.6. The topological polar surface area (TPSA) is 118 Å². The molecule has 1 heterocycles. The number of anilines is 1. The minimum atomic E-state index is -4.11. The number of primary sulfonamides is 1. The van der Waals surface area contributed by atoms with E-state index in [9.17, 15) is 16.8 Å². The van der Waals surface area contributed by atoms with Gasteiger partial charge in [0.05, 0.1) is 16.9 Å². The summed E-state index contributed by atoms with van der Waals surface area (Å²) >= 11 is 5.98. The first-order chi connectivity index (χ1) is 11.1. The van der Waals surface area contributed by atoms with Crippen LogP contribution in [0.1, 0.15) is 12.8 Å². The Morgan fingerprint density at radius 3 is 2.54 bits per heavy atom. The average molecular weight is 390 g/mol. The van der Waals surface area contributed by atoms with Crippen LogP contribution in [0.15, 0.2) is 34.1 Å². The van der Waals surface area contributed by atoms with Crippen molar-refractivity contribution >= 4 is 37.3 Å². The Hall–Kier alpha value is -1.13. The zero-order valence-electron chi connectivity index (χ0n) is 12.4. The van der Waals surface area contributed by atoms with Crippen molar-refractivity contribution in [2.45, 2.75) is 28.8 Å². The third-order valence-corrected chi connectivity index (χ3v) is 7.84. The van der Waals surface area contributed by atoms with E-state index >= 15 is 0 Å². The van der Waals surface area contributed by atoms with Gasteiger partial charge in [-0.3, -0.25) is 0 Å². The van der Waals surface area contributed by atoms with Crippen LogP contribution in [0.4, 0.5) is 5.69 Å². The van der Waals surface area contributed by atoms with Crippen LogP contribution >= 0.6 is 11.6 Å².